The normalized spacial score (nSPS) is 14.1. The summed E-state index contributed by atoms with van der Waals surface area (Å²) in [4.78, 5) is 1.11. The van der Waals surface area contributed by atoms with Crippen LogP contribution in [0.2, 0.25) is 0 Å². The third-order valence-electron chi connectivity index (χ3n) is 2.75. The molecular formula is C15H15BrFNS. The maximum absolute atomic E-state index is 13.3. The second kappa shape index (κ2) is 6.55. The van der Waals surface area contributed by atoms with Crippen LogP contribution in [0.3, 0.4) is 0 Å². The van der Waals surface area contributed by atoms with Crippen molar-refractivity contribution in [2.24, 2.45) is 5.73 Å². The molecule has 0 saturated heterocycles. The molecule has 0 amide bonds. The first kappa shape index (κ1) is 14.6. The fraction of sp³-hybridized carbons (Fsp3) is 0.200. The van der Waals surface area contributed by atoms with Crippen LogP contribution in [0.15, 0.2) is 57.9 Å². The fourth-order valence-corrected chi connectivity index (χ4v) is 3.51. The van der Waals surface area contributed by atoms with Crippen LogP contribution in [0.5, 0.6) is 0 Å². The molecule has 2 aromatic carbocycles. The van der Waals surface area contributed by atoms with E-state index in [0.29, 0.717) is 0 Å². The maximum Gasteiger partial charge on any atom is 0.123 e. The molecule has 19 heavy (non-hydrogen) atoms. The molecule has 0 aliphatic heterocycles. The van der Waals surface area contributed by atoms with E-state index in [4.69, 9.17) is 5.73 Å². The zero-order valence-electron chi connectivity index (χ0n) is 10.5. The van der Waals surface area contributed by atoms with Crippen molar-refractivity contribution in [2.75, 3.05) is 0 Å². The van der Waals surface area contributed by atoms with Crippen LogP contribution in [0, 0.1) is 5.82 Å². The fourth-order valence-electron chi connectivity index (χ4n) is 1.84. The number of hydrogen-bond acceptors (Lipinski definition) is 2. The standard InChI is InChI=1S/C15H15BrFNS/c1-10(18)15(11-5-4-6-12(17)9-11)19-14-8-3-2-7-13(14)16/h2-10,15H,18H2,1H3. The van der Waals surface area contributed by atoms with Crippen molar-refractivity contribution >= 4 is 27.7 Å². The predicted molar refractivity (Wildman–Crippen MR) is 82.8 cm³/mol. The molecular weight excluding hydrogens is 325 g/mol. The Hall–Kier alpha value is -0.840. The largest absolute Gasteiger partial charge is 0.327 e. The number of nitrogens with two attached hydrogens (primary N) is 1. The van der Waals surface area contributed by atoms with E-state index in [1.807, 2.05) is 37.3 Å². The van der Waals surface area contributed by atoms with Crippen LogP contribution < -0.4 is 5.73 Å². The Morgan fingerprint density at radius 2 is 1.89 bits per heavy atom. The molecule has 100 valence electrons. The van der Waals surface area contributed by atoms with Gasteiger partial charge in [-0.1, -0.05) is 24.3 Å². The minimum atomic E-state index is -0.226. The molecule has 2 N–H and O–H groups in total. The topological polar surface area (TPSA) is 26.0 Å². The zero-order valence-corrected chi connectivity index (χ0v) is 12.9. The van der Waals surface area contributed by atoms with Gasteiger partial charge in [-0.05, 0) is 52.7 Å². The van der Waals surface area contributed by atoms with Crippen LogP contribution in [0.25, 0.3) is 0 Å². The van der Waals surface area contributed by atoms with Gasteiger partial charge in [0.2, 0.25) is 0 Å². The van der Waals surface area contributed by atoms with Gasteiger partial charge in [-0.3, -0.25) is 0 Å². The second-order valence-electron chi connectivity index (χ2n) is 4.38. The SMILES string of the molecule is CC(N)C(Sc1ccccc1Br)c1cccc(F)c1. The van der Waals surface area contributed by atoms with Crippen molar-refractivity contribution in [3.8, 4) is 0 Å². The first-order valence-electron chi connectivity index (χ1n) is 6.00. The lowest BCUT2D eigenvalue weighted by atomic mass is 10.1. The Bertz CT molecular complexity index is 559. The Balaban J connectivity index is 2.29. The maximum atomic E-state index is 13.3. The summed E-state index contributed by atoms with van der Waals surface area (Å²) >= 11 is 5.17. The molecule has 2 atom stereocenters. The first-order valence-corrected chi connectivity index (χ1v) is 7.67. The van der Waals surface area contributed by atoms with Crippen molar-refractivity contribution < 1.29 is 4.39 Å². The summed E-state index contributed by atoms with van der Waals surface area (Å²) in [5.41, 5.74) is 6.97. The Morgan fingerprint density at radius 1 is 1.16 bits per heavy atom. The molecule has 0 radical (unpaired) electrons. The first-order chi connectivity index (χ1) is 9.08. The average Bonchev–Trinajstić information content (AvgIpc) is 2.37. The minimum absolute atomic E-state index is 0.0226. The van der Waals surface area contributed by atoms with Crippen LogP contribution >= 0.6 is 27.7 Å². The number of hydrogen-bond donors (Lipinski definition) is 1. The lowest BCUT2D eigenvalue weighted by Gasteiger charge is -2.21. The molecule has 0 heterocycles. The Morgan fingerprint density at radius 3 is 2.53 bits per heavy atom. The van der Waals surface area contributed by atoms with Gasteiger partial charge in [-0.15, -0.1) is 11.8 Å². The van der Waals surface area contributed by atoms with Gasteiger partial charge < -0.3 is 5.73 Å². The highest BCUT2D eigenvalue weighted by Crippen LogP contribution is 2.40. The number of benzene rings is 2. The highest BCUT2D eigenvalue weighted by Gasteiger charge is 2.19. The van der Waals surface area contributed by atoms with Crippen molar-refractivity contribution in [1.82, 2.24) is 0 Å². The molecule has 0 bridgehead atoms. The third-order valence-corrected chi connectivity index (χ3v) is 5.26. The van der Waals surface area contributed by atoms with Crippen molar-refractivity contribution in [2.45, 2.75) is 23.1 Å². The zero-order chi connectivity index (χ0) is 13.8. The van der Waals surface area contributed by atoms with Crippen LogP contribution in [-0.4, -0.2) is 6.04 Å². The summed E-state index contributed by atoms with van der Waals surface area (Å²) in [6, 6.07) is 14.5. The average molecular weight is 340 g/mol. The molecule has 4 heteroatoms. The van der Waals surface area contributed by atoms with Gasteiger partial charge in [0.15, 0.2) is 0 Å². The van der Waals surface area contributed by atoms with E-state index >= 15 is 0 Å². The summed E-state index contributed by atoms with van der Waals surface area (Å²) in [7, 11) is 0. The van der Waals surface area contributed by atoms with E-state index in [1.54, 1.807) is 23.9 Å². The quantitative estimate of drug-likeness (QED) is 0.812. The molecule has 0 aliphatic rings. The summed E-state index contributed by atoms with van der Waals surface area (Å²) in [5, 5.41) is 0.0226. The van der Waals surface area contributed by atoms with Gasteiger partial charge in [0.1, 0.15) is 5.82 Å². The summed E-state index contributed by atoms with van der Waals surface area (Å²) in [6.45, 7) is 1.94. The van der Waals surface area contributed by atoms with Crippen molar-refractivity contribution in [1.29, 1.82) is 0 Å². The molecule has 0 saturated carbocycles. The van der Waals surface area contributed by atoms with Gasteiger partial charge in [-0.2, -0.15) is 0 Å². The molecule has 0 aromatic heterocycles. The second-order valence-corrected chi connectivity index (χ2v) is 6.42. The van der Waals surface area contributed by atoms with E-state index in [0.717, 1.165) is 14.9 Å². The van der Waals surface area contributed by atoms with Crippen molar-refractivity contribution in [3.63, 3.8) is 0 Å². The van der Waals surface area contributed by atoms with Gasteiger partial charge in [0.05, 0.1) is 0 Å². The van der Waals surface area contributed by atoms with Crippen LogP contribution in [0.4, 0.5) is 4.39 Å². The lowest BCUT2D eigenvalue weighted by Crippen LogP contribution is -2.22. The highest BCUT2D eigenvalue weighted by atomic mass is 79.9. The van der Waals surface area contributed by atoms with Gasteiger partial charge in [0.25, 0.3) is 0 Å². The van der Waals surface area contributed by atoms with E-state index < -0.39 is 0 Å². The minimum Gasteiger partial charge on any atom is -0.327 e. The molecule has 0 aliphatic carbocycles. The number of rotatable bonds is 4. The molecule has 1 nitrogen and oxygen atoms in total. The number of halogens is 2. The lowest BCUT2D eigenvalue weighted by molar-refractivity contribution is 0.622. The molecule has 2 aromatic rings. The Kier molecular flexibility index (Phi) is 5.02. The summed E-state index contributed by atoms with van der Waals surface area (Å²) in [6.07, 6.45) is 0. The molecule has 2 unspecified atom stereocenters. The van der Waals surface area contributed by atoms with E-state index in [1.165, 1.54) is 6.07 Å². The summed E-state index contributed by atoms with van der Waals surface area (Å²) in [5.74, 6) is -0.226. The van der Waals surface area contributed by atoms with E-state index in [9.17, 15) is 4.39 Å². The Labute approximate surface area is 125 Å². The van der Waals surface area contributed by atoms with Gasteiger partial charge in [-0.25, -0.2) is 4.39 Å². The smallest absolute Gasteiger partial charge is 0.123 e. The van der Waals surface area contributed by atoms with Crippen molar-refractivity contribution in [3.05, 3.63) is 64.4 Å². The monoisotopic (exact) mass is 339 g/mol. The summed E-state index contributed by atoms with van der Waals surface area (Å²) < 4.78 is 14.4. The van der Waals surface area contributed by atoms with E-state index in [-0.39, 0.29) is 17.1 Å². The highest BCUT2D eigenvalue weighted by molar-refractivity contribution is 9.10. The predicted octanol–water partition coefficient (Wildman–Crippen LogP) is 4.77. The molecule has 0 spiro atoms. The number of thioether (sulfide) groups is 1. The molecule has 2 rings (SSSR count). The van der Waals surface area contributed by atoms with Crippen LogP contribution in [0.1, 0.15) is 17.7 Å². The van der Waals surface area contributed by atoms with Crippen LogP contribution in [-0.2, 0) is 0 Å². The third kappa shape index (κ3) is 3.81. The van der Waals surface area contributed by atoms with Gasteiger partial charge >= 0.3 is 0 Å². The molecule has 0 fully saturated rings. The van der Waals surface area contributed by atoms with E-state index in [2.05, 4.69) is 15.9 Å². The van der Waals surface area contributed by atoms with Gasteiger partial charge in [0, 0.05) is 20.7 Å².